The molecule has 0 aromatic carbocycles. The van der Waals surface area contributed by atoms with Gasteiger partial charge in [0.05, 0.1) is 11.5 Å². The third kappa shape index (κ3) is 4.35. The molecule has 1 amide bonds. The SMILES string of the molecule is O=C(NCCCC1CCS(=O)(=O)C1)c1ccc(Br)o1. The van der Waals surface area contributed by atoms with Crippen molar-refractivity contribution in [1.29, 1.82) is 0 Å². The van der Waals surface area contributed by atoms with Crippen molar-refractivity contribution >= 4 is 31.7 Å². The molecule has 0 spiro atoms. The maximum absolute atomic E-state index is 11.6. The molecule has 0 aliphatic carbocycles. The predicted molar refractivity (Wildman–Crippen MR) is 74.7 cm³/mol. The number of carbonyl (C=O) groups is 1. The summed E-state index contributed by atoms with van der Waals surface area (Å²) in [5, 5.41) is 2.75. The summed E-state index contributed by atoms with van der Waals surface area (Å²) in [4.78, 5) is 11.6. The summed E-state index contributed by atoms with van der Waals surface area (Å²) in [7, 11) is -2.80. The summed E-state index contributed by atoms with van der Waals surface area (Å²) in [6.45, 7) is 0.535. The molecule has 1 saturated heterocycles. The van der Waals surface area contributed by atoms with Gasteiger partial charge in [-0.25, -0.2) is 8.42 Å². The Morgan fingerprint density at radius 1 is 1.47 bits per heavy atom. The molecule has 1 fully saturated rings. The molecule has 106 valence electrons. The highest BCUT2D eigenvalue weighted by atomic mass is 79.9. The van der Waals surface area contributed by atoms with E-state index in [0.29, 0.717) is 22.7 Å². The third-order valence-electron chi connectivity index (χ3n) is 3.20. The van der Waals surface area contributed by atoms with Gasteiger partial charge in [0.1, 0.15) is 0 Å². The summed E-state index contributed by atoms with van der Waals surface area (Å²) in [6, 6.07) is 3.27. The molecule has 1 atom stereocenters. The Kier molecular flexibility index (Phi) is 4.67. The van der Waals surface area contributed by atoms with E-state index in [1.807, 2.05) is 0 Å². The van der Waals surface area contributed by atoms with E-state index in [4.69, 9.17) is 4.42 Å². The van der Waals surface area contributed by atoms with Gasteiger partial charge in [0.25, 0.3) is 5.91 Å². The van der Waals surface area contributed by atoms with Crippen LogP contribution in [0.1, 0.15) is 29.8 Å². The van der Waals surface area contributed by atoms with Crippen LogP contribution in [0, 0.1) is 5.92 Å². The van der Waals surface area contributed by atoms with Crippen molar-refractivity contribution in [2.75, 3.05) is 18.1 Å². The highest BCUT2D eigenvalue weighted by Crippen LogP contribution is 2.22. The Morgan fingerprint density at radius 3 is 2.84 bits per heavy atom. The zero-order chi connectivity index (χ0) is 13.9. The molecule has 1 aromatic rings. The van der Waals surface area contributed by atoms with Gasteiger partial charge in [0.2, 0.25) is 0 Å². The summed E-state index contributed by atoms with van der Waals surface area (Å²) in [5.41, 5.74) is 0. The van der Waals surface area contributed by atoms with E-state index in [0.717, 1.165) is 19.3 Å². The number of carbonyl (C=O) groups excluding carboxylic acids is 1. The molecular formula is C12H16BrNO4S. The smallest absolute Gasteiger partial charge is 0.287 e. The van der Waals surface area contributed by atoms with Crippen molar-refractivity contribution in [3.8, 4) is 0 Å². The van der Waals surface area contributed by atoms with Gasteiger partial charge in [-0.05, 0) is 53.2 Å². The monoisotopic (exact) mass is 349 g/mol. The van der Waals surface area contributed by atoms with Crippen LogP contribution in [-0.4, -0.2) is 32.4 Å². The van der Waals surface area contributed by atoms with Crippen LogP contribution in [0.3, 0.4) is 0 Å². The summed E-state index contributed by atoms with van der Waals surface area (Å²) in [5.74, 6) is 0.885. The Bertz CT molecular complexity index is 552. The number of amides is 1. The third-order valence-corrected chi connectivity index (χ3v) is 5.46. The van der Waals surface area contributed by atoms with Crippen molar-refractivity contribution in [2.24, 2.45) is 5.92 Å². The zero-order valence-corrected chi connectivity index (χ0v) is 12.8. The van der Waals surface area contributed by atoms with Crippen molar-refractivity contribution < 1.29 is 17.6 Å². The van der Waals surface area contributed by atoms with Crippen molar-refractivity contribution in [1.82, 2.24) is 5.32 Å². The van der Waals surface area contributed by atoms with E-state index in [1.54, 1.807) is 12.1 Å². The first-order valence-corrected chi connectivity index (χ1v) is 8.82. The zero-order valence-electron chi connectivity index (χ0n) is 10.4. The van der Waals surface area contributed by atoms with E-state index in [-0.39, 0.29) is 17.6 Å². The van der Waals surface area contributed by atoms with Crippen molar-refractivity contribution in [2.45, 2.75) is 19.3 Å². The molecule has 5 nitrogen and oxygen atoms in total. The van der Waals surface area contributed by atoms with Gasteiger partial charge >= 0.3 is 0 Å². The number of rotatable bonds is 5. The molecule has 1 unspecified atom stereocenters. The first-order valence-electron chi connectivity index (χ1n) is 6.20. The van der Waals surface area contributed by atoms with Crippen LogP contribution in [-0.2, 0) is 9.84 Å². The van der Waals surface area contributed by atoms with Crippen LogP contribution in [0.2, 0.25) is 0 Å². The molecular weight excluding hydrogens is 334 g/mol. The lowest BCUT2D eigenvalue weighted by Crippen LogP contribution is -2.24. The lowest BCUT2D eigenvalue weighted by molar-refractivity contribution is 0.0923. The Balaban J connectivity index is 1.66. The average molecular weight is 350 g/mol. The number of sulfone groups is 1. The van der Waals surface area contributed by atoms with Crippen LogP contribution >= 0.6 is 15.9 Å². The molecule has 1 aromatic heterocycles. The molecule has 1 aliphatic rings. The van der Waals surface area contributed by atoms with Gasteiger partial charge in [0, 0.05) is 6.54 Å². The van der Waals surface area contributed by atoms with Crippen LogP contribution in [0.15, 0.2) is 21.2 Å². The molecule has 0 radical (unpaired) electrons. The summed E-state index contributed by atoms with van der Waals surface area (Å²) in [6.07, 6.45) is 2.37. The molecule has 2 rings (SSSR count). The highest BCUT2D eigenvalue weighted by Gasteiger charge is 2.27. The van der Waals surface area contributed by atoms with E-state index >= 15 is 0 Å². The standard InChI is InChI=1S/C12H16BrNO4S/c13-11-4-3-10(18-11)12(15)14-6-1-2-9-5-7-19(16,17)8-9/h3-4,9H,1-2,5-8H2,(H,14,15). The predicted octanol–water partition coefficient (Wildman–Crippen LogP) is 1.99. The fourth-order valence-corrected chi connectivity index (χ4v) is 4.43. The second-order valence-electron chi connectivity index (χ2n) is 4.77. The second-order valence-corrected chi connectivity index (χ2v) is 7.78. The number of halogens is 1. The minimum atomic E-state index is -2.80. The van der Waals surface area contributed by atoms with E-state index in [1.165, 1.54) is 0 Å². The van der Waals surface area contributed by atoms with Crippen molar-refractivity contribution in [3.05, 3.63) is 22.6 Å². The molecule has 0 bridgehead atoms. The Morgan fingerprint density at radius 2 is 2.26 bits per heavy atom. The maximum Gasteiger partial charge on any atom is 0.287 e. The first kappa shape index (κ1) is 14.6. The van der Waals surface area contributed by atoms with Gasteiger partial charge in [-0.2, -0.15) is 0 Å². The number of nitrogens with one attached hydrogen (secondary N) is 1. The molecule has 1 N–H and O–H groups in total. The van der Waals surface area contributed by atoms with Gasteiger partial charge in [0.15, 0.2) is 20.3 Å². The summed E-state index contributed by atoms with van der Waals surface area (Å²) >= 11 is 3.13. The lowest BCUT2D eigenvalue weighted by atomic mass is 10.0. The van der Waals surface area contributed by atoms with E-state index in [2.05, 4.69) is 21.2 Å². The normalized spacial score (nSPS) is 21.4. The fourth-order valence-electron chi connectivity index (χ4n) is 2.22. The Labute approximate surface area is 120 Å². The lowest BCUT2D eigenvalue weighted by Gasteiger charge is -2.07. The van der Waals surface area contributed by atoms with E-state index in [9.17, 15) is 13.2 Å². The number of hydrogen-bond acceptors (Lipinski definition) is 4. The molecule has 0 saturated carbocycles. The van der Waals surface area contributed by atoms with Gasteiger partial charge in [-0.1, -0.05) is 0 Å². The van der Waals surface area contributed by atoms with Crippen LogP contribution < -0.4 is 5.32 Å². The number of hydrogen-bond donors (Lipinski definition) is 1. The van der Waals surface area contributed by atoms with Crippen LogP contribution in [0.25, 0.3) is 0 Å². The van der Waals surface area contributed by atoms with Crippen LogP contribution in [0.5, 0.6) is 0 Å². The molecule has 2 heterocycles. The Hall–Kier alpha value is -0.820. The summed E-state index contributed by atoms with van der Waals surface area (Å²) < 4.78 is 28.2. The van der Waals surface area contributed by atoms with Crippen LogP contribution in [0.4, 0.5) is 0 Å². The maximum atomic E-state index is 11.6. The minimum Gasteiger partial charge on any atom is -0.444 e. The molecule has 19 heavy (non-hydrogen) atoms. The second kappa shape index (κ2) is 6.09. The highest BCUT2D eigenvalue weighted by molar-refractivity contribution is 9.10. The van der Waals surface area contributed by atoms with Gasteiger partial charge in [-0.15, -0.1) is 0 Å². The molecule has 1 aliphatic heterocycles. The topological polar surface area (TPSA) is 76.4 Å². The van der Waals surface area contributed by atoms with Crippen molar-refractivity contribution in [3.63, 3.8) is 0 Å². The number of furan rings is 1. The fraction of sp³-hybridized carbons (Fsp3) is 0.583. The largest absolute Gasteiger partial charge is 0.444 e. The molecule has 7 heteroatoms. The quantitative estimate of drug-likeness (QED) is 0.824. The first-order chi connectivity index (χ1) is 8.96. The minimum absolute atomic E-state index is 0.246. The van der Waals surface area contributed by atoms with Gasteiger partial charge in [-0.3, -0.25) is 4.79 Å². The van der Waals surface area contributed by atoms with E-state index < -0.39 is 9.84 Å². The average Bonchev–Trinajstić information content (AvgIpc) is 2.91. The van der Waals surface area contributed by atoms with Gasteiger partial charge < -0.3 is 9.73 Å².